The molecule has 2 heterocycles. The molecule has 0 spiro atoms. The van der Waals surface area contributed by atoms with Crippen LogP contribution < -0.4 is 15.1 Å². The van der Waals surface area contributed by atoms with Gasteiger partial charge in [-0.3, -0.25) is 9.59 Å². The third-order valence-electron chi connectivity index (χ3n) is 6.29. The lowest BCUT2D eigenvalue weighted by molar-refractivity contribution is -0.139. The molecule has 7 nitrogen and oxygen atoms in total. The minimum Gasteiger partial charge on any atom is -0.396 e. The van der Waals surface area contributed by atoms with E-state index in [1.165, 1.54) is 0 Å². The number of hydrogen-bond donors (Lipinski definition) is 3. The van der Waals surface area contributed by atoms with Gasteiger partial charge in [0.1, 0.15) is 0 Å². The number of carbonyl (C=O) groups excluding carboxylic acids is 2. The van der Waals surface area contributed by atoms with Gasteiger partial charge in [0, 0.05) is 41.3 Å². The lowest BCUT2D eigenvalue weighted by Gasteiger charge is -2.28. The molecule has 0 saturated carbocycles. The van der Waals surface area contributed by atoms with Crippen molar-refractivity contribution < 1.29 is 19.8 Å². The molecule has 3 N–H and O–H groups in total. The van der Waals surface area contributed by atoms with E-state index in [4.69, 9.17) is 5.11 Å². The molecule has 0 aromatic heterocycles. The highest BCUT2D eigenvalue weighted by Gasteiger charge is 2.52. The number of amides is 2. The van der Waals surface area contributed by atoms with Crippen molar-refractivity contribution in [2.75, 3.05) is 36.0 Å². The van der Waals surface area contributed by atoms with Gasteiger partial charge in [-0.25, -0.2) is 0 Å². The molecule has 0 bridgehead atoms. The molecule has 0 radical (unpaired) electrons. The van der Waals surface area contributed by atoms with Crippen LogP contribution >= 0.6 is 15.9 Å². The van der Waals surface area contributed by atoms with Crippen LogP contribution in [0.5, 0.6) is 0 Å². The zero-order chi connectivity index (χ0) is 23.6. The van der Waals surface area contributed by atoms with Gasteiger partial charge in [-0.2, -0.15) is 0 Å². The fourth-order valence-corrected chi connectivity index (χ4v) is 4.79. The highest BCUT2D eigenvalue weighted by Crippen LogP contribution is 2.46. The number of aliphatic hydroxyl groups excluding tert-OH is 1. The smallest absolute Gasteiger partial charge is 0.264 e. The second-order valence-electron chi connectivity index (χ2n) is 8.44. The minimum atomic E-state index is -1.70. The summed E-state index contributed by atoms with van der Waals surface area (Å²) in [7, 11) is 0. The highest BCUT2D eigenvalue weighted by molar-refractivity contribution is 9.10. The zero-order valence-corrected chi connectivity index (χ0v) is 20.1. The lowest BCUT2D eigenvalue weighted by Crippen LogP contribution is -2.48. The van der Waals surface area contributed by atoms with E-state index in [2.05, 4.69) is 21.2 Å². The third kappa shape index (κ3) is 4.48. The molecule has 2 amide bonds. The van der Waals surface area contributed by atoms with E-state index in [1.54, 1.807) is 34.9 Å². The van der Waals surface area contributed by atoms with Crippen LogP contribution in [-0.4, -0.2) is 48.3 Å². The van der Waals surface area contributed by atoms with Gasteiger partial charge >= 0.3 is 0 Å². The highest BCUT2D eigenvalue weighted by atomic mass is 79.9. The molecule has 1 fully saturated rings. The lowest BCUT2D eigenvalue weighted by atomic mass is 9.83. The third-order valence-corrected chi connectivity index (χ3v) is 6.78. The summed E-state index contributed by atoms with van der Waals surface area (Å²) in [6.45, 7) is 3.84. The van der Waals surface area contributed by atoms with Crippen molar-refractivity contribution in [1.29, 1.82) is 0 Å². The summed E-state index contributed by atoms with van der Waals surface area (Å²) in [5.41, 5.74) is 1.27. The molecular formula is C25H28BrN3O4. The van der Waals surface area contributed by atoms with Crippen molar-refractivity contribution in [2.24, 2.45) is 5.92 Å². The van der Waals surface area contributed by atoms with Crippen LogP contribution in [-0.2, 0) is 21.7 Å². The number of halogens is 1. The van der Waals surface area contributed by atoms with Crippen LogP contribution in [0.25, 0.3) is 0 Å². The number of aliphatic hydroxyl groups is 2. The van der Waals surface area contributed by atoms with E-state index < -0.39 is 11.5 Å². The predicted molar refractivity (Wildman–Crippen MR) is 131 cm³/mol. The van der Waals surface area contributed by atoms with Gasteiger partial charge in [0.15, 0.2) is 5.60 Å². The Morgan fingerprint density at radius 3 is 2.67 bits per heavy atom. The number of fused-ring (bicyclic) bond motifs is 1. The van der Waals surface area contributed by atoms with Crippen LogP contribution in [0, 0.1) is 5.92 Å². The maximum atomic E-state index is 13.5. The maximum Gasteiger partial charge on any atom is 0.264 e. The predicted octanol–water partition coefficient (Wildman–Crippen LogP) is 2.69. The Bertz CT molecular complexity index is 1070. The van der Waals surface area contributed by atoms with E-state index in [0.29, 0.717) is 37.3 Å². The largest absolute Gasteiger partial charge is 0.396 e. The molecule has 2 atom stereocenters. The maximum absolute atomic E-state index is 13.5. The molecule has 0 aliphatic carbocycles. The second kappa shape index (κ2) is 9.77. The van der Waals surface area contributed by atoms with E-state index in [-0.39, 0.29) is 18.4 Å². The summed E-state index contributed by atoms with van der Waals surface area (Å²) < 4.78 is 0.783. The number of anilines is 2. The summed E-state index contributed by atoms with van der Waals surface area (Å²) in [6, 6.07) is 13.1. The van der Waals surface area contributed by atoms with Gasteiger partial charge < -0.3 is 25.3 Å². The van der Waals surface area contributed by atoms with Gasteiger partial charge in [-0.15, -0.1) is 0 Å². The number of carbonyl (C=O) groups is 2. The van der Waals surface area contributed by atoms with Gasteiger partial charge in [0.25, 0.3) is 5.91 Å². The molecule has 2 aliphatic rings. The molecular weight excluding hydrogens is 486 g/mol. The second-order valence-corrected chi connectivity index (χ2v) is 9.35. The standard InChI is InChI=1S/C25H28BrN3O4/c1-17(4-2-3-13-30)25(33)21-14-19(26)7-10-22(21)29(24(25)32)16-18-5-8-20(9-6-18)28-12-11-27-15-23(28)31/h2,4-10,14,17,27,30,33H,3,11-13,15-16H2,1H3/b4-2+/t17-,25+/m0/s1. The first kappa shape index (κ1) is 23.6. The molecule has 4 rings (SSSR count). The first-order valence-corrected chi connectivity index (χ1v) is 11.9. The van der Waals surface area contributed by atoms with Gasteiger partial charge in [-0.05, 0) is 42.3 Å². The Morgan fingerprint density at radius 1 is 1.21 bits per heavy atom. The van der Waals surface area contributed by atoms with Crippen LogP contribution in [0.15, 0.2) is 59.1 Å². The molecule has 2 aromatic rings. The van der Waals surface area contributed by atoms with Crippen molar-refractivity contribution in [1.82, 2.24) is 5.32 Å². The number of rotatable bonds is 7. The van der Waals surface area contributed by atoms with Crippen LogP contribution in [0.1, 0.15) is 24.5 Å². The van der Waals surface area contributed by atoms with Crippen molar-refractivity contribution in [2.45, 2.75) is 25.5 Å². The summed E-state index contributed by atoms with van der Waals surface area (Å²) in [5.74, 6) is -0.815. The number of benzene rings is 2. The first-order valence-electron chi connectivity index (χ1n) is 11.1. The fraction of sp³-hybridized carbons (Fsp3) is 0.360. The summed E-state index contributed by atoms with van der Waals surface area (Å²) in [5, 5.41) is 23.7. The molecule has 0 unspecified atom stereocenters. The number of hydrogen-bond acceptors (Lipinski definition) is 5. The SMILES string of the molecule is C[C@@H](/C=C/CCO)[C@]1(O)C(=O)N(Cc2ccc(N3CCNCC3=O)cc2)c2ccc(Br)cc21. The van der Waals surface area contributed by atoms with Gasteiger partial charge in [0.05, 0.1) is 18.8 Å². The first-order chi connectivity index (χ1) is 15.9. The van der Waals surface area contributed by atoms with Crippen molar-refractivity contribution >= 4 is 39.1 Å². The number of nitrogens with zero attached hydrogens (tertiary/aromatic N) is 2. The van der Waals surface area contributed by atoms with Crippen molar-refractivity contribution in [3.63, 3.8) is 0 Å². The summed E-state index contributed by atoms with van der Waals surface area (Å²) in [4.78, 5) is 29.1. The Balaban J connectivity index is 1.61. The van der Waals surface area contributed by atoms with E-state index >= 15 is 0 Å². The van der Waals surface area contributed by atoms with Crippen LogP contribution in [0.2, 0.25) is 0 Å². The molecule has 33 heavy (non-hydrogen) atoms. The Labute approximate surface area is 201 Å². The van der Waals surface area contributed by atoms with E-state index in [9.17, 15) is 14.7 Å². The average Bonchev–Trinajstić information content (AvgIpc) is 3.02. The van der Waals surface area contributed by atoms with Gasteiger partial charge in [0.2, 0.25) is 5.91 Å². The minimum absolute atomic E-state index is 0.0133. The van der Waals surface area contributed by atoms with Crippen molar-refractivity contribution in [3.05, 3.63) is 70.2 Å². The Hall–Kier alpha value is -2.52. The monoisotopic (exact) mass is 513 g/mol. The number of nitrogens with one attached hydrogen (secondary N) is 1. The van der Waals surface area contributed by atoms with E-state index in [0.717, 1.165) is 22.3 Å². The average molecular weight is 514 g/mol. The summed E-state index contributed by atoms with van der Waals surface area (Å²) in [6.07, 6.45) is 4.03. The molecule has 2 aromatic carbocycles. The Morgan fingerprint density at radius 2 is 1.97 bits per heavy atom. The van der Waals surface area contributed by atoms with E-state index in [1.807, 2.05) is 36.4 Å². The molecule has 2 aliphatic heterocycles. The topological polar surface area (TPSA) is 93.1 Å². The Kier molecular flexibility index (Phi) is 6.99. The fourth-order valence-electron chi connectivity index (χ4n) is 4.43. The van der Waals surface area contributed by atoms with Crippen LogP contribution in [0.4, 0.5) is 11.4 Å². The molecule has 1 saturated heterocycles. The molecule has 174 valence electrons. The zero-order valence-electron chi connectivity index (χ0n) is 18.5. The number of piperazine rings is 1. The van der Waals surface area contributed by atoms with Crippen LogP contribution in [0.3, 0.4) is 0 Å². The normalized spacial score (nSPS) is 21.7. The summed E-state index contributed by atoms with van der Waals surface area (Å²) >= 11 is 3.46. The quantitative estimate of drug-likeness (QED) is 0.495. The molecule has 8 heteroatoms. The van der Waals surface area contributed by atoms with Gasteiger partial charge in [-0.1, -0.05) is 47.1 Å². The van der Waals surface area contributed by atoms with Crippen molar-refractivity contribution in [3.8, 4) is 0 Å².